The summed E-state index contributed by atoms with van der Waals surface area (Å²) in [5.41, 5.74) is 0. The fraction of sp³-hybridized carbons (Fsp3) is 0.938. The van der Waals surface area contributed by atoms with E-state index < -0.39 is 0 Å². The molecule has 1 saturated carbocycles. The molecule has 1 unspecified atom stereocenters. The number of likely N-dealkylation sites (N-methyl/N-ethyl adjacent to an activating group) is 1. The summed E-state index contributed by atoms with van der Waals surface area (Å²) in [6, 6.07) is 0.857. The predicted octanol–water partition coefficient (Wildman–Crippen LogP) is 2.12. The van der Waals surface area contributed by atoms with Gasteiger partial charge >= 0.3 is 0 Å². The van der Waals surface area contributed by atoms with E-state index in [0.29, 0.717) is 0 Å². The largest absolute Gasteiger partial charge is 0.355 e. The molecule has 0 spiro atoms. The second kappa shape index (κ2) is 8.28. The van der Waals surface area contributed by atoms with Crippen molar-refractivity contribution in [1.82, 2.24) is 15.1 Å². The Hall–Kier alpha value is -0.420. The Labute approximate surface area is 134 Å². The van der Waals surface area contributed by atoms with Crippen LogP contribution in [0.3, 0.4) is 0 Å². The molecule has 5 heteroatoms. The summed E-state index contributed by atoms with van der Waals surface area (Å²) >= 11 is 2.11. The molecule has 1 aliphatic carbocycles. The maximum Gasteiger partial charge on any atom is 0.193 e. The number of hydrogen-bond donors (Lipinski definition) is 1. The van der Waals surface area contributed by atoms with Gasteiger partial charge in [-0.25, -0.2) is 0 Å². The van der Waals surface area contributed by atoms with Gasteiger partial charge in [0.05, 0.1) is 0 Å². The van der Waals surface area contributed by atoms with Crippen LogP contribution in [0.5, 0.6) is 0 Å². The third kappa shape index (κ3) is 5.06. The Kier molecular flexibility index (Phi) is 6.68. The van der Waals surface area contributed by atoms with Crippen molar-refractivity contribution >= 4 is 17.7 Å². The second-order valence-electron chi connectivity index (χ2n) is 6.43. The van der Waals surface area contributed by atoms with Gasteiger partial charge in [0.25, 0.3) is 0 Å². The van der Waals surface area contributed by atoms with E-state index in [4.69, 9.17) is 0 Å². The van der Waals surface area contributed by atoms with Crippen LogP contribution in [0.1, 0.15) is 33.6 Å². The van der Waals surface area contributed by atoms with Gasteiger partial charge in [0.15, 0.2) is 5.96 Å². The zero-order valence-electron chi connectivity index (χ0n) is 14.1. The molecule has 21 heavy (non-hydrogen) atoms. The average Bonchev–Trinajstić information content (AvgIpc) is 3.32. The van der Waals surface area contributed by atoms with Gasteiger partial charge in [-0.1, -0.05) is 20.8 Å². The molecule has 0 aromatic heterocycles. The van der Waals surface area contributed by atoms with E-state index >= 15 is 0 Å². The first kappa shape index (κ1) is 16.9. The predicted molar refractivity (Wildman–Crippen MR) is 94.3 cm³/mol. The molecule has 0 aromatic carbocycles. The van der Waals surface area contributed by atoms with Crippen LogP contribution in [0.15, 0.2) is 4.99 Å². The Morgan fingerprint density at radius 1 is 1.43 bits per heavy atom. The van der Waals surface area contributed by atoms with E-state index in [-0.39, 0.29) is 0 Å². The van der Waals surface area contributed by atoms with Crippen molar-refractivity contribution in [3.8, 4) is 0 Å². The van der Waals surface area contributed by atoms with Gasteiger partial charge in [0, 0.05) is 50.3 Å². The lowest BCUT2D eigenvalue weighted by atomic mass is 10.1. The first-order chi connectivity index (χ1) is 10.2. The first-order valence-electron chi connectivity index (χ1n) is 8.47. The van der Waals surface area contributed by atoms with Gasteiger partial charge in [-0.15, -0.1) is 0 Å². The van der Waals surface area contributed by atoms with Crippen LogP contribution < -0.4 is 5.32 Å². The standard InChI is InChI=1S/C16H32N4S/c1-5-19(14-6-7-14)9-8-18-16(17-4)20-10-11-21-15(12-20)13(2)3/h13-15H,5-12H2,1-4H3,(H,17,18). The molecule has 0 bridgehead atoms. The van der Waals surface area contributed by atoms with E-state index in [1.165, 1.54) is 25.1 Å². The molecule has 1 atom stereocenters. The van der Waals surface area contributed by atoms with Gasteiger partial charge in [0.2, 0.25) is 0 Å². The van der Waals surface area contributed by atoms with Crippen molar-refractivity contribution in [2.45, 2.75) is 44.9 Å². The van der Waals surface area contributed by atoms with Gasteiger partial charge in [0.1, 0.15) is 0 Å². The number of guanidine groups is 1. The molecule has 2 aliphatic rings. The normalized spacial score (nSPS) is 24.0. The van der Waals surface area contributed by atoms with E-state index in [9.17, 15) is 0 Å². The van der Waals surface area contributed by atoms with Crippen molar-refractivity contribution in [1.29, 1.82) is 0 Å². The molecule has 0 radical (unpaired) electrons. The third-order valence-electron chi connectivity index (χ3n) is 4.50. The van der Waals surface area contributed by atoms with Gasteiger partial charge in [-0.05, 0) is 25.3 Å². The minimum Gasteiger partial charge on any atom is -0.355 e. The minimum atomic E-state index is 0.732. The lowest BCUT2D eigenvalue weighted by Gasteiger charge is -2.36. The van der Waals surface area contributed by atoms with Crippen LogP contribution in [0, 0.1) is 5.92 Å². The molecule has 0 amide bonds. The Morgan fingerprint density at radius 2 is 2.19 bits per heavy atom. The zero-order chi connectivity index (χ0) is 15.2. The smallest absolute Gasteiger partial charge is 0.193 e. The fourth-order valence-corrected chi connectivity index (χ4v) is 4.25. The van der Waals surface area contributed by atoms with Crippen molar-refractivity contribution < 1.29 is 0 Å². The van der Waals surface area contributed by atoms with Crippen molar-refractivity contribution in [2.75, 3.05) is 45.5 Å². The van der Waals surface area contributed by atoms with Crippen molar-refractivity contribution in [2.24, 2.45) is 10.9 Å². The monoisotopic (exact) mass is 312 g/mol. The number of hydrogen-bond acceptors (Lipinski definition) is 3. The Morgan fingerprint density at radius 3 is 2.76 bits per heavy atom. The highest BCUT2D eigenvalue weighted by atomic mass is 32.2. The number of thioether (sulfide) groups is 1. The summed E-state index contributed by atoms with van der Waals surface area (Å²) in [6.07, 6.45) is 2.78. The average molecular weight is 313 g/mol. The van der Waals surface area contributed by atoms with Crippen LogP contribution >= 0.6 is 11.8 Å². The van der Waals surface area contributed by atoms with Gasteiger partial charge in [-0.2, -0.15) is 11.8 Å². The minimum absolute atomic E-state index is 0.732. The lowest BCUT2D eigenvalue weighted by molar-refractivity contribution is 0.279. The maximum atomic E-state index is 4.49. The van der Waals surface area contributed by atoms with Crippen LogP contribution in [0.4, 0.5) is 0 Å². The van der Waals surface area contributed by atoms with E-state index in [1.54, 1.807) is 0 Å². The summed E-state index contributed by atoms with van der Waals surface area (Å²) in [4.78, 5) is 9.52. The van der Waals surface area contributed by atoms with E-state index in [0.717, 1.165) is 49.3 Å². The SMILES string of the molecule is CCN(CCNC(=NC)N1CCSC(C(C)C)C1)C1CC1. The molecule has 1 aliphatic heterocycles. The van der Waals surface area contributed by atoms with Crippen molar-refractivity contribution in [3.05, 3.63) is 0 Å². The molecular formula is C16H32N4S. The van der Waals surface area contributed by atoms with Crippen LogP contribution in [0.2, 0.25) is 0 Å². The highest BCUT2D eigenvalue weighted by molar-refractivity contribution is 8.00. The highest BCUT2D eigenvalue weighted by Gasteiger charge is 2.28. The molecule has 0 aromatic rings. The lowest BCUT2D eigenvalue weighted by Crippen LogP contribution is -2.50. The highest BCUT2D eigenvalue weighted by Crippen LogP contribution is 2.26. The molecule has 1 N–H and O–H groups in total. The number of nitrogens with zero attached hydrogens (tertiary/aromatic N) is 3. The number of nitrogens with one attached hydrogen (secondary N) is 1. The molecule has 122 valence electrons. The number of aliphatic imine (C=N–C) groups is 1. The van der Waals surface area contributed by atoms with Gasteiger partial charge < -0.3 is 10.2 Å². The molecule has 1 heterocycles. The van der Waals surface area contributed by atoms with Crippen LogP contribution in [-0.2, 0) is 0 Å². The molecule has 1 saturated heterocycles. The fourth-order valence-electron chi connectivity index (χ4n) is 2.95. The van der Waals surface area contributed by atoms with E-state index in [1.807, 2.05) is 7.05 Å². The molecule has 2 rings (SSSR count). The van der Waals surface area contributed by atoms with E-state index in [2.05, 4.69) is 52.6 Å². The number of rotatable bonds is 6. The summed E-state index contributed by atoms with van der Waals surface area (Å²) in [6.45, 7) is 12.5. The summed E-state index contributed by atoms with van der Waals surface area (Å²) in [5, 5.41) is 4.30. The van der Waals surface area contributed by atoms with Gasteiger partial charge in [-0.3, -0.25) is 9.89 Å². The molecule has 4 nitrogen and oxygen atoms in total. The molecular weight excluding hydrogens is 280 g/mol. The van der Waals surface area contributed by atoms with Crippen LogP contribution in [-0.4, -0.2) is 72.6 Å². The molecule has 2 fully saturated rings. The second-order valence-corrected chi connectivity index (χ2v) is 7.78. The van der Waals surface area contributed by atoms with Crippen LogP contribution in [0.25, 0.3) is 0 Å². The van der Waals surface area contributed by atoms with Crippen molar-refractivity contribution in [3.63, 3.8) is 0 Å². The Bertz CT molecular complexity index is 341. The summed E-state index contributed by atoms with van der Waals surface area (Å²) in [7, 11) is 1.91. The third-order valence-corrected chi connectivity index (χ3v) is 6.04. The maximum absolute atomic E-state index is 4.49. The Balaban J connectivity index is 1.76. The first-order valence-corrected chi connectivity index (χ1v) is 9.51. The topological polar surface area (TPSA) is 30.9 Å². The zero-order valence-corrected chi connectivity index (χ0v) is 15.0. The summed E-state index contributed by atoms with van der Waals surface area (Å²) < 4.78 is 0. The quantitative estimate of drug-likeness (QED) is 0.601. The summed E-state index contributed by atoms with van der Waals surface area (Å²) in [5.74, 6) is 3.04.